The van der Waals surface area contributed by atoms with E-state index in [2.05, 4.69) is 23.7 Å². The van der Waals surface area contributed by atoms with Gasteiger partial charge in [0.15, 0.2) is 0 Å². The summed E-state index contributed by atoms with van der Waals surface area (Å²) in [6.45, 7) is 4.18. The number of carbonyl (C=O) groups is 1. The van der Waals surface area contributed by atoms with Crippen LogP contribution in [0.5, 0.6) is 0 Å². The van der Waals surface area contributed by atoms with Gasteiger partial charge in [-0.2, -0.15) is 0 Å². The summed E-state index contributed by atoms with van der Waals surface area (Å²) in [7, 11) is 0. The fourth-order valence-electron chi connectivity index (χ4n) is 2.72. The monoisotopic (exact) mass is 266 g/mol. The second-order valence-corrected chi connectivity index (χ2v) is 5.95. The molecule has 1 aromatic heterocycles. The van der Waals surface area contributed by atoms with Gasteiger partial charge in [0.1, 0.15) is 6.17 Å². The first-order valence-corrected chi connectivity index (χ1v) is 7.31. The molecule has 5 heteroatoms. The lowest BCUT2D eigenvalue weighted by Crippen LogP contribution is -2.36. The van der Waals surface area contributed by atoms with Crippen molar-refractivity contribution in [3.63, 3.8) is 0 Å². The van der Waals surface area contributed by atoms with Gasteiger partial charge in [0.25, 0.3) is 0 Å². The van der Waals surface area contributed by atoms with Crippen LogP contribution in [0.4, 0.5) is 0 Å². The molecule has 2 fully saturated rings. The first-order chi connectivity index (χ1) is 8.75. The number of ether oxygens (including phenoxy) is 1. The molecule has 3 unspecified atom stereocenters. The fourth-order valence-corrected chi connectivity index (χ4v) is 3.53. The first-order valence-electron chi connectivity index (χ1n) is 6.43. The average Bonchev–Trinajstić information content (AvgIpc) is 3.04. The highest BCUT2D eigenvalue weighted by molar-refractivity contribution is 7.10. The summed E-state index contributed by atoms with van der Waals surface area (Å²) in [5.74, 6) is 0.670. The van der Waals surface area contributed by atoms with E-state index in [0.717, 1.165) is 19.6 Å². The van der Waals surface area contributed by atoms with Crippen LogP contribution >= 0.6 is 11.3 Å². The third kappa shape index (κ3) is 2.18. The smallest absolute Gasteiger partial charge is 0.238 e. The maximum absolute atomic E-state index is 12.0. The minimum Gasteiger partial charge on any atom is -0.378 e. The molecule has 98 valence electrons. The lowest BCUT2D eigenvalue weighted by Gasteiger charge is -2.27. The van der Waals surface area contributed by atoms with Gasteiger partial charge in [0, 0.05) is 23.9 Å². The van der Waals surface area contributed by atoms with Crippen molar-refractivity contribution in [2.24, 2.45) is 5.92 Å². The molecule has 2 aliphatic heterocycles. The van der Waals surface area contributed by atoms with E-state index in [9.17, 15) is 4.79 Å². The molecule has 0 spiro atoms. The van der Waals surface area contributed by atoms with E-state index in [-0.39, 0.29) is 18.2 Å². The van der Waals surface area contributed by atoms with Crippen molar-refractivity contribution >= 4 is 17.2 Å². The van der Waals surface area contributed by atoms with Crippen LogP contribution in [0, 0.1) is 5.92 Å². The Kier molecular flexibility index (Phi) is 3.37. The van der Waals surface area contributed by atoms with Crippen LogP contribution in [-0.4, -0.2) is 36.6 Å². The largest absolute Gasteiger partial charge is 0.378 e. The summed E-state index contributed by atoms with van der Waals surface area (Å²) in [6.07, 6.45) is 1.38. The maximum atomic E-state index is 12.0. The highest BCUT2D eigenvalue weighted by Gasteiger charge is 2.36. The van der Waals surface area contributed by atoms with Crippen LogP contribution < -0.4 is 5.32 Å². The number of hydrogen-bond acceptors (Lipinski definition) is 4. The molecule has 1 amide bonds. The van der Waals surface area contributed by atoms with E-state index in [1.54, 1.807) is 11.3 Å². The molecule has 0 radical (unpaired) electrons. The Bertz CT molecular complexity index is 421. The second kappa shape index (κ2) is 4.99. The van der Waals surface area contributed by atoms with Crippen LogP contribution in [0.15, 0.2) is 17.5 Å². The standard InChI is InChI=1S/C13H18N2O2S/c1-9-10(4-5-17-9)8-15-12(16)7-14-13(15)11-3-2-6-18-11/h2-3,6,9-10,13-14H,4-5,7-8H2,1H3. The molecule has 18 heavy (non-hydrogen) atoms. The maximum Gasteiger partial charge on any atom is 0.238 e. The normalized spacial score (nSPS) is 32.4. The molecule has 0 aromatic carbocycles. The van der Waals surface area contributed by atoms with Crippen molar-refractivity contribution in [2.75, 3.05) is 19.7 Å². The van der Waals surface area contributed by atoms with Crippen LogP contribution in [0.1, 0.15) is 24.4 Å². The predicted molar refractivity (Wildman–Crippen MR) is 70.3 cm³/mol. The Balaban J connectivity index is 1.73. The van der Waals surface area contributed by atoms with Crippen molar-refractivity contribution in [1.82, 2.24) is 10.2 Å². The van der Waals surface area contributed by atoms with Gasteiger partial charge >= 0.3 is 0 Å². The van der Waals surface area contributed by atoms with Crippen molar-refractivity contribution in [2.45, 2.75) is 25.6 Å². The van der Waals surface area contributed by atoms with E-state index in [4.69, 9.17) is 4.74 Å². The summed E-state index contributed by atoms with van der Waals surface area (Å²) >= 11 is 1.70. The number of thiophene rings is 1. The van der Waals surface area contributed by atoms with Crippen molar-refractivity contribution in [3.8, 4) is 0 Å². The number of nitrogens with zero attached hydrogens (tertiary/aromatic N) is 1. The lowest BCUT2D eigenvalue weighted by atomic mass is 10.0. The van der Waals surface area contributed by atoms with E-state index in [1.165, 1.54) is 4.88 Å². The highest BCUT2D eigenvalue weighted by atomic mass is 32.1. The fraction of sp³-hybridized carbons (Fsp3) is 0.615. The van der Waals surface area contributed by atoms with Crippen LogP contribution in [0.25, 0.3) is 0 Å². The average molecular weight is 266 g/mol. The number of amides is 1. The van der Waals surface area contributed by atoms with Gasteiger partial charge in [-0.15, -0.1) is 11.3 Å². The summed E-state index contributed by atoms with van der Waals surface area (Å²) in [5, 5.41) is 5.35. The third-order valence-corrected chi connectivity index (χ3v) is 4.78. The minimum absolute atomic E-state index is 0.0605. The van der Waals surface area contributed by atoms with Crippen molar-refractivity contribution in [3.05, 3.63) is 22.4 Å². The zero-order valence-corrected chi connectivity index (χ0v) is 11.3. The van der Waals surface area contributed by atoms with E-state index >= 15 is 0 Å². The molecule has 2 saturated heterocycles. The van der Waals surface area contributed by atoms with Gasteiger partial charge in [0.05, 0.1) is 12.6 Å². The van der Waals surface area contributed by atoms with Gasteiger partial charge in [-0.25, -0.2) is 0 Å². The zero-order chi connectivity index (χ0) is 12.5. The highest BCUT2D eigenvalue weighted by Crippen LogP contribution is 2.30. The van der Waals surface area contributed by atoms with Gasteiger partial charge in [-0.1, -0.05) is 6.07 Å². The number of nitrogens with one attached hydrogen (secondary N) is 1. The Labute approximate surface area is 111 Å². The molecular weight excluding hydrogens is 248 g/mol. The Hall–Kier alpha value is -0.910. The molecule has 3 heterocycles. The van der Waals surface area contributed by atoms with E-state index in [0.29, 0.717) is 12.5 Å². The lowest BCUT2D eigenvalue weighted by molar-refractivity contribution is -0.128. The van der Waals surface area contributed by atoms with Crippen LogP contribution in [0.2, 0.25) is 0 Å². The molecule has 3 atom stereocenters. The van der Waals surface area contributed by atoms with Crippen LogP contribution in [0.3, 0.4) is 0 Å². The quantitative estimate of drug-likeness (QED) is 0.903. The molecule has 0 bridgehead atoms. The van der Waals surface area contributed by atoms with Gasteiger partial charge in [-0.05, 0) is 24.8 Å². The molecule has 3 rings (SSSR count). The second-order valence-electron chi connectivity index (χ2n) is 4.97. The molecule has 0 aliphatic carbocycles. The van der Waals surface area contributed by atoms with Gasteiger partial charge in [0.2, 0.25) is 5.91 Å². The summed E-state index contributed by atoms with van der Waals surface area (Å²) in [6, 6.07) is 4.12. The molecular formula is C13H18N2O2S. The topological polar surface area (TPSA) is 41.6 Å². The first kappa shape index (κ1) is 12.1. The molecule has 2 aliphatic rings. The number of rotatable bonds is 3. The summed E-state index contributed by atoms with van der Waals surface area (Å²) < 4.78 is 5.58. The van der Waals surface area contributed by atoms with E-state index < -0.39 is 0 Å². The number of hydrogen-bond donors (Lipinski definition) is 1. The Morgan fingerprint density at radius 3 is 3.17 bits per heavy atom. The summed E-state index contributed by atoms with van der Waals surface area (Å²) in [4.78, 5) is 15.2. The zero-order valence-electron chi connectivity index (χ0n) is 10.5. The molecule has 0 saturated carbocycles. The minimum atomic E-state index is 0.0605. The summed E-state index contributed by atoms with van der Waals surface area (Å²) in [5.41, 5.74) is 0. The Morgan fingerprint density at radius 2 is 2.50 bits per heavy atom. The number of carbonyl (C=O) groups excluding carboxylic acids is 1. The van der Waals surface area contributed by atoms with Crippen molar-refractivity contribution in [1.29, 1.82) is 0 Å². The Morgan fingerprint density at radius 1 is 1.61 bits per heavy atom. The van der Waals surface area contributed by atoms with Gasteiger partial charge < -0.3 is 9.64 Å². The SMILES string of the molecule is CC1OCCC1CN1C(=O)CNC1c1cccs1. The van der Waals surface area contributed by atoms with E-state index in [1.807, 2.05) is 11.0 Å². The van der Waals surface area contributed by atoms with Crippen LogP contribution in [-0.2, 0) is 9.53 Å². The van der Waals surface area contributed by atoms with Crippen molar-refractivity contribution < 1.29 is 9.53 Å². The molecule has 1 aromatic rings. The molecule has 4 nitrogen and oxygen atoms in total. The third-order valence-electron chi connectivity index (χ3n) is 3.86. The predicted octanol–water partition coefficient (Wildman–Crippen LogP) is 1.60. The van der Waals surface area contributed by atoms with Gasteiger partial charge in [-0.3, -0.25) is 10.1 Å². The molecule has 1 N–H and O–H groups in total.